The molecule has 7 nitrogen and oxygen atoms in total. The van der Waals surface area contributed by atoms with Crippen LogP contribution >= 0.6 is 15.9 Å². The van der Waals surface area contributed by atoms with Gasteiger partial charge in [-0.05, 0) is 23.8 Å². The molecule has 29 heavy (non-hydrogen) atoms. The first-order valence-corrected chi connectivity index (χ1v) is 9.42. The summed E-state index contributed by atoms with van der Waals surface area (Å²) in [5.74, 6) is -0.845. The monoisotopic (exact) mass is 475 g/mol. The quantitative estimate of drug-likeness (QED) is 0.502. The van der Waals surface area contributed by atoms with Crippen molar-refractivity contribution in [2.45, 2.75) is 12.4 Å². The van der Waals surface area contributed by atoms with Crippen LogP contribution in [-0.2, 0) is 0 Å². The number of nitrogens with one attached hydrogen (secondary N) is 1. The lowest BCUT2D eigenvalue weighted by molar-refractivity contribution is -0.386. The fourth-order valence-electron chi connectivity index (χ4n) is 3.33. The molecule has 1 aliphatic rings. The number of phenols is 1. The van der Waals surface area contributed by atoms with Crippen molar-refractivity contribution in [3.8, 4) is 11.5 Å². The van der Waals surface area contributed by atoms with Crippen molar-refractivity contribution in [1.82, 2.24) is 10.2 Å². The van der Waals surface area contributed by atoms with Crippen LogP contribution in [-0.4, -0.2) is 47.5 Å². The predicted molar refractivity (Wildman–Crippen MR) is 102 cm³/mol. The topological polar surface area (TPSA) is 87.9 Å². The Labute approximate surface area is 172 Å². The zero-order chi connectivity index (χ0) is 21.2. The fraction of sp³-hybridized carbons (Fsp3) is 0.333. The lowest BCUT2D eigenvalue weighted by atomic mass is 9.95. The van der Waals surface area contributed by atoms with E-state index in [0.717, 1.165) is 0 Å². The SMILES string of the molecule is O=[N+]([O-])c1cc(Br)cc([C@H](c2ccc(OC(F)(F)F)cc2)N2CCNCC2)c1O. The number of hydrogen-bond donors (Lipinski definition) is 2. The van der Waals surface area contributed by atoms with E-state index in [9.17, 15) is 28.4 Å². The van der Waals surface area contributed by atoms with E-state index in [2.05, 4.69) is 26.0 Å². The van der Waals surface area contributed by atoms with Crippen LogP contribution in [0.4, 0.5) is 18.9 Å². The molecule has 1 heterocycles. The van der Waals surface area contributed by atoms with Crippen LogP contribution in [0.15, 0.2) is 40.9 Å². The number of ether oxygens (including phenoxy) is 1. The summed E-state index contributed by atoms with van der Waals surface area (Å²) < 4.78 is 41.6. The molecule has 0 spiro atoms. The Hall–Kier alpha value is -2.37. The minimum Gasteiger partial charge on any atom is -0.502 e. The summed E-state index contributed by atoms with van der Waals surface area (Å²) in [6, 6.07) is 7.47. The van der Waals surface area contributed by atoms with Gasteiger partial charge in [-0.2, -0.15) is 0 Å². The van der Waals surface area contributed by atoms with Crippen LogP contribution in [0.25, 0.3) is 0 Å². The van der Waals surface area contributed by atoms with Gasteiger partial charge in [-0.3, -0.25) is 15.0 Å². The minimum absolute atomic E-state index is 0.289. The number of halogens is 4. The molecule has 0 bridgehead atoms. The van der Waals surface area contributed by atoms with Gasteiger partial charge in [-0.25, -0.2) is 0 Å². The van der Waals surface area contributed by atoms with Crippen LogP contribution in [0.2, 0.25) is 0 Å². The Morgan fingerprint density at radius 3 is 2.38 bits per heavy atom. The standard InChI is InChI=1S/C18H17BrF3N3O4/c19-12-9-14(17(26)15(10-12)25(27)28)16(24-7-5-23-6-8-24)11-1-3-13(4-2-11)29-18(20,21)22/h1-4,9-10,16,23,26H,5-8H2/t16-/m0/s1. The number of benzene rings is 2. The molecule has 1 atom stereocenters. The predicted octanol–water partition coefficient (Wildman–Crippen LogP) is 3.96. The van der Waals surface area contributed by atoms with E-state index in [0.29, 0.717) is 36.2 Å². The largest absolute Gasteiger partial charge is 0.573 e. The molecule has 1 fully saturated rings. The molecule has 2 aromatic rings. The first kappa shape index (κ1) is 21.3. The fourth-order valence-corrected chi connectivity index (χ4v) is 3.80. The summed E-state index contributed by atoms with van der Waals surface area (Å²) in [5.41, 5.74) is 0.410. The summed E-state index contributed by atoms with van der Waals surface area (Å²) in [7, 11) is 0. The van der Waals surface area contributed by atoms with Gasteiger partial charge in [-0.1, -0.05) is 28.1 Å². The number of hydrogen-bond acceptors (Lipinski definition) is 6. The molecule has 1 saturated heterocycles. The second kappa shape index (κ2) is 8.56. The van der Waals surface area contributed by atoms with Crippen LogP contribution in [0.1, 0.15) is 17.2 Å². The van der Waals surface area contributed by atoms with E-state index in [4.69, 9.17) is 0 Å². The molecular formula is C18H17BrF3N3O4. The van der Waals surface area contributed by atoms with E-state index in [1.165, 1.54) is 30.3 Å². The van der Waals surface area contributed by atoms with Crippen molar-refractivity contribution in [3.05, 3.63) is 62.1 Å². The number of alkyl halides is 3. The molecule has 0 unspecified atom stereocenters. The van der Waals surface area contributed by atoms with Gasteiger partial charge in [0, 0.05) is 42.3 Å². The van der Waals surface area contributed by atoms with Gasteiger partial charge in [0.2, 0.25) is 0 Å². The van der Waals surface area contributed by atoms with Crippen LogP contribution in [0.5, 0.6) is 11.5 Å². The third-order valence-electron chi connectivity index (χ3n) is 4.52. The molecule has 2 aromatic carbocycles. The van der Waals surface area contributed by atoms with Crippen molar-refractivity contribution >= 4 is 21.6 Å². The maximum Gasteiger partial charge on any atom is 0.573 e. The Balaban J connectivity index is 2.06. The van der Waals surface area contributed by atoms with Gasteiger partial charge in [0.25, 0.3) is 0 Å². The first-order valence-electron chi connectivity index (χ1n) is 8.63. The average Bonchev–Trinajstić information content (AvgIpc) is 2.65. The molecule has 2 N–H and O–H groups in total. The highest BCUT2D eigenvalue weighted by Gasteiger charge is 2.32. The van der Waals surface area contributed by atoms with E-state index in [1.54, 1.807) is 6.07 Å². The summed E-state index contributed by atoms with van der Waals surface area (Å²) in [6.45, 7) is 2.52. The normalized spacial score (nSPS) is 16.4. The maximum absolute atomic E-state index is 12.4. The molecule has 1 aliphatic heterocycles. The van der Waals surface area contributed by atoms with Crippen molar-refractivity contribution in [3.63, 3.8) is 0 Å². The third kappa shape index (κ3) is 5.17. The van der Waals surface area contributed by atoms with Crippen LogP contribution in [0, 0.1) is 10.1 Å². The molecular weight excluding hydrogens is 459 g/mol. The van der Waals surface area contributed by atoms with Gasteiger partial charge < -0.3 is 15.2 Å². The second-order valence-electron chi connectivity index (χ2n) is 6.43. The lowest BCUT2D eigenvalue weighted by Crippen LogP contribution is -2.45. The Bertz CT molecular complexity index is 887. The lowest BCUT2D eigenvalue weighted by Gasteiger charge is -2.35. The number of nitro benzene ring substituents is 1. The summed E-state index contributed by atoms with van der Waals surface area (Å²) in [6.07, 6.45) is -4.80. The molecule has 0 aliphatic carbocycles. The highest BCUT2D eigenvalue weighted by molar-refractivity contribution is 9.10. The maximum atomic E-state index is 12.4. The molecule has 11 heteroatoms. The molecule has 0 saturated carbocycles. The van der Waals surface area contributed by atoms with Crippen molar-refractivity contribution in [1.29, 1.82) is 0 Å². The van der Waals surface area contributed by atoms with Gasteiger partial charge >= 0.3 is 12.0 Å². The summed E-state index contributed by atoms with van der Waals surface area (Å²) in [4.78, 5) is 12.6. The molecule has 156 valence electrons. The molecule has 0 aromatic heterocycles. The molecule has 0 radical (unpaired) electrons. The average molecular weight is 476 g/mol. The van der Waals surface area contributed by atoms with E-state index >= 15 is 0 Å². The minimum atomic E-state index is -4.80. The van der Waals surface area contributed by atoms with Gasteiger partial charge in [0.1, 0.15) is 5.75 Å². The zero-order valence-electron chi connectivity index (χ0n) is 14.9. The summed E-state index contributed by atoms with van der Waals surface area (Å²) >= 11 is 3.23. The number of rotatable bonds is 5. The Kier molecular flexibility index (Phi) is 6.30. The first-order chi connectivity index (χ1) is 13.7. The summed E-state index contributed by atoms with van der Waals surface area (Å²) in [5, 5.41) is 25.1. The molecule has 0 amide bonds. The molecule has 3 rings (SSSR count). The number of nitrogens with zero attached hydrogens (tertiary/aromatic N) is 2. The highest BCUT2D eigenvalue weighted by Crippen LogP contribution is 2.42. The van der Waals surface area contributed by atoms with Gasteiger partial charge in [-0.15, -0.1) is 13.2 Å². The van der Waals surface area contributed by atoms with E-state index in [1.807, 2.05) is 4.90 Å². The smallest absolute Gasteiger partial charge is 0.502 e. The zero-order valence-corrected chi connectivity index (χ0v) is 16.5. The highest BCUT2D eigenvalue weighted by atomic mass is 79.9. The Morgan fingerprint density at radius 2 is 1.83 bits per heavy atom. The van der Waals surface area contributed by atoms with E-state index < -0.39 is 28.8 Å². The number of nitro groups is 1. The van der Waals surface area contributed by atoms with Crippen molar-refractivity contribution in [2.75, 3.05) is 26.2 Å². The van der Waals surface area contributed by atoms with Gasteiger partial charge in [0.15, 0.2) is 5.75 Å². The van der Waals surface area contributed by atoms with Crippen LogP contribution < -0.4 is 10.1 Å². The third-order valence-corrected chi connectivity index (χ3v) is 4.98. The Morgan fingerprint density at radius 1 is 1.21 bits per heavy atom. The number of phenolic OH excluding ortho intramolecular Hbond substituents is 1. The second-order valence-corrected chi connectivity index (χ2v) is 7.34. The van der Waals surface area contributed by atoms with Crippen molar-refractivity contribution in [2.24, 2.45) is 0 Å². The van der Waals surface area contributed by atoms with E-state index in [-0.39, 0.29) is 11.3 Å². The van der Waals surface area contributed by atoms with Gasteiger partial charge in [0.05, 0.1) is 11.0 Å². The van der Waals surface area contributed by atoms with Crippen molar-refractivity contribution < 1.29 is 27.9 Å². The number of piperazine rings is 1. The van der Waals surface area contributed by atoms with Crippen LogP contribution in [0.3, 0.4) is 0 Å². The number of aromatic hydroxyl groups is 1.